The first-order valence-corrected chi connectivity index (χ1v) is 12.8. The molecule has 1 aliphatic heterocycles. The number of aliphatic hydroxyl groups excluding tert-OH is 2. The molecule has 4 atom stereocenters. The van der Waals surface area contributed by atoms with Gasteiger partial charge in [0.05, 0.1) is 31.7 Å². The minimum Gasteiger partial charge on any atom is -0.508 e. The number of hydrogen-bond donors (Lipinski definition) is 3. The molecule has 3 N–H and O–H groups in total. The minimum atomic E-state index is -1.03. The molecule has 0 unspecified atom stereocenters. The SMILES string of the molecule is CCC1=C([C@H](O)CC/C(=C/c2cccc(O)c2)c2ccccc2)[C@H](CO)[C@@H]2C(=O)N(C(=O)OC)C(=O)[C@@H]2C1. The monoisotopic (exact) mass is 519 g/mol. The van der Waals surface area contributed by atoms with Gasteiger partial charge in [0.25, 0.3) is 0 Å². The fourth-order valence-corrected chi connectivity index (χ4v) is 5.78. The second-order valence-corrected chi connectivity index (χ2v) is 9.70. The molecular formula is C30H33NO7. The molecule has 0 saturated carbocycles. The second kappa shape index (κ2) is 11.8. The summed E-state index contributed by atoms with van der Waals surface area (Å²) in [6, 6.07) is 16.6. The topological polar surface area (TPSA) is 124 Å². The first kappa shape index (κ1) is 27.3. The Morgan fingerprint density at radius 2 is 1.87 bits per heavy atom. The number of allylic oxidation sites excluding steroid dienone is 2. The molecule has 0 bridgehead atoms. The van der Waals surface area contributed by atoms with Crippen molar-refractivity contribution in [3.05, 3.63) is 76.9 Å². The van der Waals surface area contributed by atoms with Crippen molar-refractivity contribution in [3.63, 3.8) is 0 Å². The number of likely N-dealkylation sites (tertiary alicyclic amines) is 1. The van der Waals surface area contributed by atoms with E-state index in [-0.39, 0.29) is 12.2 Å². The summed E-state index contributed by atoms with van der Waals surface area (Å²) in [4.78, 5) is 38.7. The van der Waals surface area contributed by atoms with Gasteiger partial charge in [-0.3, -0.25) is 9.59 Å². The van der Waals surface area contributed by atoms with Crippen molar-refractivity contribution in [1.82, 2.24) is 4.90 Å². The van der Waals surface area contributed by atoms with Crippen LogP contribution in [-0.2, 0) is 14.3 Å². The lowest BCUT2D eigenvalue weighted by Gasteiger charge is -2.36. The van der Waals surface area contributed by atoms with Gasteiger partial charge >= 0.3 is 6.09 Å². The van der Waals surface area contributed by atoms with Crippen LogP contribution in [0, 0.1) is 17.8 Å². The van der Waals surface area contributed by atoms with E-state index in [2.05, 4.69) is 4.74 Å². The number of amides is 3. The number of fused-ring (bicyclic) bond motifs is 1. The highest BCUT2D eigenvalue weighted by atomic mass is 16.5. The number of hydrogen-bond acceptors (Lipinski definition) is 7. The van der Waals surface area contributed by atoms with Gasteiger partial charge in [0.1, 0.15) is 5.75 Å². The lowest BCUT2D eigenvalue weighted by molar-refractivity contribution is -0.137. The van der Waals surface area contributed by atoms with Crippen LogP contribution in [0.25, 0.3) is 11.6 Å². The Hall–Kier alpha value is -3.75. The molecular weight excluding hydrogens is 486 g/mol. The Morgan fingerprint density at radius 3 is 2.50 bits per heavy atom. The number of carbonyl (C=O) groups excluding carboxylic acids is 3. The largest absolute Gasteiger partial charge is 0.508 e. The Labute approximate surface area is 221 Å². The second-order valence-electron chi connectivity index (χ2n) is 9.70. The third-order valence-corrected chi connectivity index (χ3v) is 7.57. The summed E-state index contributed by atoms with van der Waals surface area (Å²) in [6.07, 6.45) is 1.54. The van der Waals surface area contributed by atoms with E-state index in [4.69, 9.17) is 0 Å². The highest BCUT2D eigenvalue weighted by molar-refractivity contribution is 6.16. The van der Waals surface area contributed by atoms with Crippen molar-refractivity contribution in [2.24, 2.45) is 17.8 Å². The summed E-state index contributed by atoms with van der Waals surface area (Å²) in [5, 5.41) is 31.7. The highest BCUT2D eigenvalue weighted by Gasteiger charge is 2.56. The van der Waals surface area contributed by atoms with Crippen LogP contribution in [0.5, 0.6) is 5.75 Å². The summed E-state index contributed by atoms with van der Waals surface area (Å²) in [5.41, 5.74) is 4.14. The van der Waals surface area contributed by atoms with Crippen molar-refractivity contribution < 1.29 is 34.4 Å². The summed E-state index contributed by atoms with van der Waals surface area (Å²) in [7, 11) is 1.11. The molecule has 4 rings (SSSR count). The maximum atomic E-state index is 13.1. The summed E-state index contributed by atoms with van der Waals surface area (Å²) in [6.45, 7) is 1.48. The standard InChI is InChI=1S/C30H33NO7/c1-3-19-16-23-27(29(36)31(28(23)35)30(37)38-2)24(17-32)26(19)25(34)13-12-21(20-9-5-4-6-10-20)14-18-8-7-11-22(33)15-18/h4-11,14-15,23-25,27,32-34H,3,12-13,16-17H2,1-2H3/b21-14-/t23-,24+,25-,27-/m1/s1. The van der Waals surface area contributed by atoms with E-state index < -0.39 is 48.4 Å². The number of methoxy groups -OCH3 is 1. The number of aliphatic hydroxyl groups is 2. The van der Waals surface area contributed by atoms with Crippen LogP contribution in [0.15, 0.2) is 65.7 Å². The average Bonchev–Trinajstić information content (AvgIpc) is 3.18. The van der Waals surface area contributed by atoms with E-state index in [9.17, 15) is 29.7 Å². The number of imide groups is 3. The van der Waals surface area contributed by atoms with Gasteiger partial charge in [-0.1, -0.05) is 61.0 Å². The third-order valence-electron chi connectivity index (χ3n) is 7.57. The number of benzene rings is 2. The van der Waals surface area contributed by atoms with E-state index in [1.807, 2.05) is 49.4 Å². The molecule has 2 aliphatic rings. The fraction of sp³-hybridized carbons (Fsp3) is 0.367. The third kappa shape index (κ3) is 5.28. The van der Waals surface area contributed by atoms with E-state index in [0.717, 1.165) is 29.4 Å². The van der Waals surface area contributed by atoms with Crippen LogP contribution < -0.4 is 0 Å². The molecule has 200 valence electrons. The number of aromatic hydroxyl groups is 1. The Kier molecular flexibility index (Phi) is 8.44. The van der Waals surface area contributed by atoms with Crippen LogP contribution >= 0.6 is 0 Å². The van der Waals surface area contributed by atoms with Gasteiger partial charge in [-0.2, -0.15) is 4.90 Å². The number of nitrogens with zero attached hydrogens (tertiary/aromatic N) is 1. The molecule has 1 fully saturated rings. The number of rotatable bonds is 8. The van der Waals surface area contributed by atoms with Gasteiger partial charge in [0.15, 0.2) is 0 Å². The molecule has 2 aromatic rings. The van der Waals surface area contributed by atoms with E-state index in [1.165, 1.54) is 0 Å². The van der Waals surface area contributed by atoms with Crippen molar-refractivity contribution in [2.75, 3.05) is 13.7 Å². The zero-order valence-electron chi connectivity index (χ0n) is 21.5. The quantitative estimate of drug-likeness (QED) is 0.272. The Balaban J connectivity index is 1.63. The van der Waals surface area contributed by atoms with Gasteiger partial charge < -0.3 is 20.1 Å². The number of phenols is 1. The average molecular weight is 520 g/mol. The molecule has 0 aromatic heterocycles. The smallest absolute Gasteiger partial charge is 0.423 e. The van der Waals surface area contributed by atoms with Gasteiger partial charge in [-0.25, -0.2) is 4.79 Å². The van der Waals surface area contributed by atoms with Crippen LogP contribution in [0.3, 0.4) is 0 Å². The number of phenolic OH excluding ortho intramolecular Hbond substituents is 1. The summed E-state index contributed by atoms with van der Waals surface area (Å²) in [5.74, 6) is -3.63. The van der Waals surface area contributed by atoms with Crippen LogP contribution in [-0.4, -0.2) is 57.9 Å². The van der Waals surface area contributed by atoms with E-state index in [1.54, 1.807) is 18.2 Å². The Morgan fingerprint density at radius 1 is 1.13 bits per heavy atom. The molecule has 1 heterocycles. The molecule has 8 nitrogen and oxygen atoms in total. The lowest BCUT2D eigenvalue weighted by atomic mass is 9.67. The summed E-state index contributed by atoms with van der Waals surface area (Å²) < 4.78 is 4.64. The molecule has 0 spiro atoms. The first-order chi connectivity index (χ1) is 18.3. The lowest BCUT2D eigenvalue weighted by Crippen LogP contribution is -2.40. The van der Waals surface area contributed by atoms with E-state index >= 15 is 0 Å². The van der Waals surface area contributed by atoms with Crippen LogP contribution in [0.4, 0.5) is 4.79 Å². The fourth-order valence-electron chi connectivity index (χ4n) is 5.78. The van der Waals surface area contributed by atoms with Crippen molar-refractivity contribution in [2.45, 2.75) is 38.7 Å². The highest BCUT2D eigenvalue weighted by Crippen LogP contribution is 2.47. The van der Waals surface area contributed by atoms with Crippen LogP contribution in [0.2, 0.25) is 0 Å². The predicted molar refractivity (Wildman–Crippen MR) is 141 cm³/mol. The maximum Gasteiger partial charge on any atom is 0.423 e. The van der Waals surface area contributed by atoms with Crippen molar-refractivity contribution in [1.29, 1.82) is 0 Å². The molecule has 0 radical (unpaired) electrons. The Bertz CT molecular complexity index is 1270. The zero-order valence-corrected chi connectivity index (χ0v) is 21.5. The molecule has 1 saturated heterocycles. The molecule has 3 amide bonds. The van der Waals surface area contributed by atoms with Crippen molar-refractivity contribution in [3.8, 4) is 5.75 Å². The van der Waals surface area contributed by atoms with Gasteiger partial charge in [-0.15, -0.1) is 0 Å². The molecule has 8 heteroatoms. The molecule has 38 heavy (non-hydrogen) atoms. The molecule has 1 aliphatic carbocycles. The van der Waals surface area contributed by atoms with E-state index in [0.29, 0.717) is 29.7 Å². The number of carbonyl (C=O) groups is 3. The van der Waals surface area contributed by atoms with Gasteiger partial charge in [0, 0.05) is 5.92 Å². The first-order valence-electron chi connectivity index (χ1n) is 12.8. The zero-order chi connectivity index (χ0) is 27.4. The minimum absolute atomic E-state index is 0.156. The van der Waals surface area contributed by atoms with Gasteiger partial charge in [-0.05, 0) is 60.1 Å². The van der Waals surface area contributed by atoms with Crippen LogP contribution in [0.1, 0.15) is 43.7 Å². The summed E-state index contributed by atoms with van der Waals surface area (Å²) >= 11 is 0. The van der Waals surface area contributed by atoms with Gasteiger partial charge in [0.2, 0.25) is 11.8 Å². The normalized spacial score (nSPS) is 22.5. The molecule has 2 aromatic carbocycles. The maximum absolute atomic E-state index is 13.1. The van der Waals surface area contributed by atoms with Crippen molar-refractivity contribution >= 4 is 29.6 Å². The predicted octanol–water partition coefficient (Wildman–Crippen LogP) is 4.16. The number of ether oxygens (including phenoxy) is 1.